The average Bonchev–Trinajstić information content (AvgIpc) is 2.26. The first kappa shape index (κ1) is 10.8. The fraction of sp³-hybridized carbons (Fsp3) is 0.273. The van der Waals surface area contributed by atoms with Crippen molar-refractivity contribution in [3.63, 3.8) is 0 Å². The smallest absolute Gasteiger partial charge is 0.180 e. The topological polar surface area (TPSA) is 40.9 Å². The Kier molecular flexibility index (Phi) is 3.73. The van der Waals surface area contributed by atoms with Crippen molar-refractivity contribution in [3.8, 4) is 6.07 Å². The van der Waals surface area contributed by atoms with E-state index >= 15 is 0 Å². The number of carbonyl (C=O) groups excluding carboxylic acids is 1. The lowest BCUT2D eigenvalue weighted by Crippen LogP contribution is -2.09. The highest BCUT2D eigenvalue weighted by Crippen LogP contribution is 2.22. The van der Waals surface area contributed by atoms with Gasteiger partial charge in [-0.1, -0.05) is 18.2 Å². The van der Waals surface area contributed by atoms with Gasteiger partial charge in [-0.05, 0) is 19.2 Å². The highest BCUT2D eigenvalue weighted by atomic mass is 32.2. The lowest BCUT2D eigenvalue weighted by Gasteiger charge is -2.06. The van der Waals surface area contributed by atoms with Gasteiger partial charge in [0.2, 0.25) is 0 Å². The maximum absolute atomic E-state index is 11.7. The first-order chi connectivity index (χ1) is 6.70. The highest BCUT2D eigenvalue weighted by molar-refractivity contribution is 7.98. The van der Waals surface area contributed by atoms with Crippen LogP contribution in [0.15, 0.2) is 29.2 Å². The molecule has 0 fully saturated rings. The number of hydrogen-bond donors (Lipinski definition) is 0. The van der Waals surface area contributed by atoms with E-state index < -0.39 is 5.92 Å². The SMILES string of the molecule is CSc1ccccc1C(=O)C(C)C#N. The molecule has 0 spiro atoms. The van der Waals surface area contributed by atoms with E-state index in [1.54, 1.807) is 13.0 Å². The largest absolute Gasteiger partial charge is 0.293 e. The van der Waals surface area contributed by atoms with Crippen LogP contribution in [0, 0.1) is 17.2 Å². The monoisotopic (exact) mass is 205 g/mol. The van der Waals surface area contributed by atoms with Gasteiger partial charge in [-0.25, -0.2) is 0 Å². The molecule has 0 amide bonds. The van der Waals surface area contributed by atoms with Crippen molar-refractivity contribution < 1.29 is 4.79 Å². The molecule has 72 valence electrons. The van der Waals surface area contributed by atoms with E-state index in [0.29, 0.717) is 5.56 Å². The molecule has 0 N–H and O–H groups in total. The maximum Gasteiger partial charge on any atom is 0.180 e. The predicted octanol–water partition coefficient (Wildman–Crippen LogP) is 2.75. The summed E-state index contributed by atoms with van der Waals surface area (Å²) in [5.41, 5.74) is 0.647. The molecule has 1 rings (SSSR count). The minimum absolute atomic E-state index is 0.0996. The zero-order valence-electron chi connectivity index (χ0n) is 8.15. The fourth-order valence-corrected chi connectivity index (χ4v) is 1.74. The Hall–Kier alpha value is -1.27. The van der Waals surface area contributed by atoms with E-state index in [1.165, 1.54) is 11.8 Å². The first-order valence-corrected chi connectivity index (χ1v) is 5.50. The molecule has 2 nitrogen and oxygen atoms in total. The number of nitriles is 1. The minimum atomic E-state index is -0.566. The van der Waals surface area contributed by atoms with Crippen LogP contribution >= 0.6 is 11.8 Å². The lowest BCUT2D eigenvalue weighted by molar-refractivity contribution is 0.0953. The molecular weight excluding hydrogens is 194 g/mol. The number of Topliss-reactive ketones (excluding diaryl/α,β-unsaturated/α-hetero) is 1. The van der Waals surface area contributed by atoms with Crippen LogP contribution in [0.5, 0.6) is 0 Å². The Morgan fingerprint density at radius 1 is 1.50 bits per heavy atom. The van der Waals surface area contributed by atoms with Gasteiger partial charge in [0.05, 0.1) is 6.07 Å². The summed E-state index contributed by atoms with van der Waals surface area (Å²) in [7, 11) is 0. The molecule has 1 aromatic rings. The Labute approximate surface area is 87.9 Å². The second-order valence-electron chi connectivity index (χ2n) is 2.92. The summed E-state index contributed by atoms with van der Waals surface area (Å²) in [5.74, 6) is -0.666. The average molecular weight is 205 g/mol. The number of hydrogen-bond acceptors (Lipinski definition) is 3. The molecule has 0 heterocycles. The standard InChI is InChI=1S/C11H11NOS/c1-8(7-12)11(13)9-5-3-4-6-10(9)14-2/h3-6,8H,1-2H3. The normalized spacial score (nSPS) is 11.8. The molecule has 0 radical (unpaired) electrons. The van der Waals surface area contributed by atoms with Crippen molar-refractivity contribution in [2.75, 3.05) is 6.26 Å². The van der Waals surface area contributed by atoms with Gasteiger partial charge in [0.25, 0.3) is 0 Å². The van der Waals surface area contributed by atoms with E-state index in [4.69, 9.17) is 5.26 Å². The lowest BCUT2D eigenvalue weighted by atomic mass is 10.0. The molecule has 14 heavy (non-hydrogen) atoms. The second kappa shape index (κ2) is 4.83. The van der Waals surface area contributed by atoms with E-state index in [-0.39, 0.29) is 5.78 Å². The summed E-state index contributed by atoms with van der Waals surface area (Å²) in [4.78, 5) is 12.6. The number of nitrogens with zero attached hydrogens (tertiary/aromatic N) is 1. The van der Waals surface area contributed by atoms with Crippen LogP contribution in [0.25, 0.3) is 0 Å². The molecule has 0 aliphatic carbocycles. The van der Waals surface area contributed by atoms with Crippen LogP contribution < -0.4 is 0 Å². The molecule has 1 atom stereocenters. The van der Waals surface area contributed by atoms with Gasteiger partial charge in [-0.15, -0.1) is 11.8 Å². The maximum atomic E-state index is 11.7. The van der Waals surface area contributed by atoms with Crippen molar-refractivity contribution in [2.24, 2.45) is 5.92 Å². The number of rotatable bonds is 3. The van der Waals surface area contributed by atoms with Gasteiger partial charge in [0, 0.05) is 10.5 Å². The summed E-state index contributed by atoms with van der Waals surface area (Å²) in [6, 6.07) is 9.32. The molecule has 1 aromatic carbocycles. The zero-order chi connectivity index (χ0) is 10.6. The number of carbonyl (C=O) groups is 1. The van der Waals surface area contributed by atoms with Crippen molar-refractivity contribution in [2.45, 2.75) is 11.8 Å². The quantitative estimate of drug-likeness (QED) is 0.562. The van der Waals surface area contributed by atoms with Gasteiger partial charge in [0.15, 0.2) is 5.78 Å². The Bertz CT molecular complexity index is 381. The summed E-state index contributed by atoms with van der Waals surface area (Å²) in [5, 5.41) is 8.65. The van der Waals surface area contributed by atoms with Crippen LogP contribution in [-0.4, -0.2) is 12.0 Å². The van der Waals surface area contributed by atoms with E-state index in [1.807, 2.05) is 30.5 Å². The summed E-state index contributed by atoms with van der Waals surface area (Å²) in [6.07, 6.45) is 1.92. The molecule has 0 saturated carbocycles. The summed E-state index contributed by atoms with van der Waals surface area (Å²) >= 11 is 1.52. The molecule has 3 heteroatoms. The molecular formula is C11H11NOS. The van der Waals surface area contributed by atoms with E-state index in [2.05, 4.69) is 0 Å². The van der Waals surface area contributed by atoms with Crippen LogP contribution in [0.1, 0.15) is 17.3 Å². The summed E-state index contributed by atoms with van der Waals surface area (Å²) < 4.78 is 0. The molecule has 0 aliphatic heterocycles. The second-order valence-corrected chi connectivity index (χ2v) is 3.76. The third-order valence-corrected chi connectivity index (χ3v) is 2.76. The number of thioether (sulfide) groups is 1. The third kappa shape index (κ3) is 2.15. The van der Waals surface area contributed by atoms with Gasteiger partial charge in [-0.3, -0.25) is 4.79 Å². The molecule has 0 saturated heterocycles. The Morgan fingerprint density at radius 3 is 2.71 bits per heavy atom. The van der Waals surface area contributed by atoms with Crippen molar-refractivity contribution in [1.29, 1.82) is 5.26 Å². The van der Waals surface area contributed by atoms with Crippen molar-refractivity contribution in [1.82, 2.24) is 0 Å². The number of benzene rings is 1. The van der Waals surface area contributed by atoms with Crippen LogP contribution in [0.2, 0.25) is 0 Å². The van der Waals surface area contributed by atoms with E-state index in [0.717, 1.165) is 4.90 Å². The Balaban J connectivity index is 3.07. The Morgan fingerprint density at radius 2 is 2.14 bits per heavy atom. The van der Waals surface area contributed by atoms with Gasteiger partial charge in [-0.2, -0.15) is 5.26 Å². The van der Waals surface area contributed by atoms with E-state index in [9.17, 15) is 4.79 Å². The van der Waals surface area contributed by atoms with Crippen molar-refractivity contribution in [3.05, 3.63) is 29.8 Å². The third-order valence-electron chi connectivity index (χ3n) is 1.96. The molecule has 0 aromatic heterocycles. The zero-order valence-corrected chi connectivity index (χ0v) is 8.97. The highest BCUT2D eigenvalue weighted by Gasteiger charge is 2.16. The van der Waals surface area contributed by atoms with Gasteiger partial charge in [0.1, 0.15) is 5.92 Å². The van der Waals surface area contributed by atoms with Gasteiger partial charge < -0.3 is 0 Å². The van der Waals surface area contributed by atoms with Crippen LogP contribution in [0.4, 0.5) is 0 Å². The fourth-order valence-electron chi connectivity index (χ4n) is 1.14. The first-order valence-electron chi connectivity index (χ1n) is 4.27. The molecule has 1 unspecified atom stereocenters. The molecule has 0 aliphatic rings. The van der Waals surface area contributed by atoms with Crippen LogP contribution in [-0.2, 0) is 0 Å². The van der Waals surface area contributed by atoms with Crippen LogP contribution in [0.3, 0.4) is 0 Å². The predicted molar refractivity (Wildman–Crippen MR) is 57.3 cm³/mol. The van der Waals surface area contributed by atoms with Gasteiger partial charge >= 0.3 is 0 Å². The summed E-state index contributed by atoms with van der Waals surface area (Å²) in [6.45, 7) is 1.62. The van der Waals surface area contributed by atoms with Crippen molar-refractivity contribution >= 4 is 17.5 Å². The molecule has 0 bridgehead atoms. The number of ketones is 1. The minimum Gasteiger partial charge on any atom is -0.293 e.